The third-order valence-electron chi connectivity index (χ3n) is 4.86. The first-order valence-corrected chi connectivity index (χ1v) is 10.3. The molecule has 0 radical (unpaired) electrons. The number of nitrogens with zero attached hydrogens (tertiary/aromatic N) is 1. The van der Waals surface area contributed by atoms with Crippen molar-refractivity contribution < 1.29 is 24.3 Å². The zero-order valence-corrected chi connectivity index (χ0v) is 17.9. The molecule has 0 saturated carbocycles. The van der Waals surface area contributed by atoms with E-state index in [2.05, 4.69) is 10.6 Å². The maximum absolute atomic E-state index is 13.0. The molecule has 0 atom stereocenters. The summed E-state index contributed by atoms with van der Waals surface area (Å²) < 4.78 is 0. The van der Waals surface area contributed by atoms with Crippen molar-refractivity contribution in [2.24, 2.45) is 0 Å². The Labute approximate surface area is 190 Å². The molecule has 0 aliphatic rings. The second-order valence-corrected chi connectivity index (χ2v) is 7.04. The number of carbonyl (C=O) groups is 4. The highest BCUT2D eigenvalue weighted by Gasteiger charge is 2.21. The zero-order chi connectivity index (χ0) is 23.8. The molecule has 33 heavy (non-hydrogen) atoms. The Morgan fingerprint density at radius 3 is 2.21 bits per heavy atom. The van der Waals surface area contributed by atoms with Crippen molar-refractivity contribution in [3.63, 3.8) is 0 Å². The van der Waals surface area contributed by atoms with Crippen molar-refractivity contribution in [3.05, 3.63) is 95.6 Å². The first kappa shape index (κ1) is 23.2. The predicted molar refractivity (Wildman–Crippen MR) is 125 cm³/mol. The van der Waals surface area contributed by atoms with E-state index in [9.17, 15) is 19.2 Å². The van der Waals surface area contributed by atoms with Gasteiger partial charge < -0.3 is 20.6 Å². The molecule has 3 amide bonds. The monoisotopic (exact) mass is 445 g/mol. The molecule has 0 unspecified atom stereocenters. The van der Waals surface area contributed by atoms with Gasteiger partial charge in [0.25, 0.3) is 0 Å². The number of anilines is 2. The van der Waals surface area contributed by atoms with Gasteiger partial charge in [-0.1, -0.05) is 48.5 Å². The predicted octanol–water partition coefficient (Wildman–Crippen LogP) is 3.79. The lowest BCUT2D eigenvalue weighted by atomic mass is 10.0. The molecule has 3 rings (SSSR count). The van der Waals surface area contributed by atoms with E-state index in [0.717, 1.165) is 0 Å². The minimum absolute atomic E-state index is 0.0284. The number of carboxylic acids is 1. The number of rotatable bonds is 8. The van der Waals surface area contributed by atoms with E-state index in [4.69, 9.17) is 5.11 Å². The van der Waals surface area contributed by atoms with Crippen LogP contribution in [-0.2, 0) is 4.79 Å². The van der Waals surface area contributed by atoms with Gasteiger partial charge in [0.15, 0.2) is 5.78 Å². The van der Waals surface area contributed by atoms with Crippen LogP contribution in [0.4, 0.5) is 16.2 Å². The second kappa shape index (κ2) is 10.7. The summed E-state index contributed by atoms with van der Waals surface area (Å²) in [6.45, 7) is 1.76. The summed E-state index contributed by atoms with van der Waals surface area (Å²) in [5.74, 6) is -1.72. The Morgan fingerprint density at radius 2 is 1.52 bits per heavy atom. The molecule has 0 aliphatic carbocycles. The summed E-state index contributed by atoms with van der Waals surface area (Å²) in [5.41, 5.74) is 1.66. The number of urea groups is 1. The molecule has 0 heterocycles. The third-order valence-corrected chi connectivity index (χ3v) is 4.86. The summed E-state index contributed by atoms with van der Waals surface area (Å²) in [6, 6.07) is 20.7. The van der Waals surface area contributed by atoms with Gasteiger partial charge in [-0.15, -0.1) is 0 Å². The number of likely N-dealkylation sites (N-methyl/N-ethyl adjacent to an activating group) is 1. The molecule has 3 aromatic rings. The molecule has 168 valence electrons. The van der Waals surface area contributed by atoms with Crippen molar-refractivity contribution in [2.75, 3.05) is 23.3 Å². The van der Waals surface area contributed by atoms with E-state index < -0.39 is 17.9 Å². The van der Waals surface area contributed by atoms with Crippen LogP contribution in [-0.4, -0.2) is 41.9 Å². The van der Waals surface area contributed by atoms with E-state index in [1.807, 2.05) is 6.07 Å². The number of carbonyl (C=O) groups excluding carboxylic acids is 3. The van der Waals surface area contributed by atoms with Crippen LogP contribution in [0, 0.1) is 0 Å². The van der Waals surface area contributed by atoms with Crippen LogP contribution in [0.25, 0.3) is 0 Å². The zero-order valence-electron chi connectivity index (χ0n) is 17.9. The molecule has 0 aliphatic heterocycles. The Balaban J connectivity index is 1.70. The van der Waals surface area contributed by atoms with E-state index in [-0.39, 0.29) is 23.6 Å². The normalized spacial score (nSPS) is 10.2. The molecular formula is C25H23N3O5. The highest BCUT2D eigenvalue weighted by molar-refractivity contribution is 6.14. The Morgan fingerprint density at radius 1 is 0.848 bits per heavy atom. The van der Waals surface area contributed by atoms with E-state index >= 15 is 0 Å². The standard InChI is InChI=1S/C25H23N3O5/c1-2-28(21-14-7-6-13-20(21)23(30)17-9-4-3-5-10-17)22(29)16-26-25(33)27-19-12-8-11-18(15-19)24(31)32/h3-15H,2,16H2,1H3,(H,31,32)(H2,26,27,33). The lowest BCUT2D eigenvalue weighted by Crippen LogP contribution is -2.42. The SMILES string of the molecule is CCN(C(=O)CNC(=O)Nc1cccc(C(=O)O)c1)c1ccccc1C(=O)c1ccccc1. The van der Waals surface area contributed by atoms with Gasteiger partial charge in [-0.2, -0.15) is 0 Å². The van der Waals surface area contributed by atoms with Gasteiger partial charge in [-0.05, 0) is 37.3 Å². The maximum atomic E-state index is 13.0. The molecule has 8 nitrogen and oxygen atoms in total. The van der Waals surface area contributed by atoms with Crippen LogP contribution in [0.1, 0.15) is 33.2 Å². The van der Waals surface area contributed by atoms with Crippen LogP contribution >= 0.6 is 0 Å². The van der Waals surface area contributed by atoms with Gasteiger partial charge in [-0.3, -0.25) is 9.59 Å². The Bertz CT molecular complexity index is 1180. The highest BCUT2D eigenvalue weighted by atomic mass is 16.4. The van der Waals surface area contributed by atoms with Gasteiger partial charge in [-0.25, -0.2) is 9.59 Å². The number of nitrogens with one attached hydrogen (secondary N) is 2. The van der Waals surface area contributed by atoms with Crippen LogP contribution in [0.5, 0.6) is 0 Å². The minimum Gasteiger partial charge on any atom is -0.478 e. The largest absolute Gasteiger partial charge is 0.478 e. The highest BCUT2D eigenvalue weighted by Crippen LogP contribution is 2.23. The molecular weight excluding hydrogens is 422 g/mol. The first-order valence-electron chi connectivity index (χ1n) is 10.3. The van der Waals surface area contributed by atoms with Crippen LogP contribution < -0.4 is 15.5 Å². The summed E-state index contributed by atoms with van der Waals surface area (Å²) >= 11 is 0. The fraction of sp³-hybridized carbons (Fsp3) is 0.120. The smallest absolute Gasteiger partial charge is 0.335 e. The van der Waals surface area contributed by atoms with Gasteiger partial charge in [0, 0.05) is 23.4 Å². The molecule has 0 fully saturated rings. The van der Waals surface area contributed by atoms with Gasteiger partial charge in [0.2, 0.25) is 5.91 Å². The van der Waals surface area contributed by atoms with E-state index in [0.29, 0.717) is 23.4 Å². The summed E-state index contributed by atoms with van der Waals surface area (Å²) in [4.78, 5) is 50.6. The lowest BCUT2D eigenvalue weighted by Gasteiger charge is -2.23. The molecule has 8 heteroatoms. The summed E-state index contributed by atoms with van der Waals surface area (Å²) in [5, 5.41) is 14.0. The average Bonchev–Trinajstić information content (AvgIpc) is 2.84. The molecule has 3 N–H and O–H groups in total. The van der Waals surface area contributed by atoms with Crippen LogP contribution in [0.2, 0.25) is 0 Å². The van der Waals surface area contributed by atoms with Crippen molar-refractivity contribution in [1.82, 2.24) is 5.32 Å². The first-order chi connectivity index (χ1) is 15.9. The molecule has 0 bridgehead atoms. The molecule has 3 aromatic carbocycles. The summed E-state index contributed by atoms with van der Waals surface area (Å²) in [7, 11) is 0. The quantitative estimate of drug-likeness (QED) is 0.456. The average molecular weight is 445 g/mol. The van der Waals surface area contributed by atoms with Gasteiger partial charge in [0.1, 0.15) is 0 Å². The number of para-hydroxylation sites is 1. The van der Waals surface area contributed by atoms with Crippen molar-refractivity contribution in [2.45, 2.75) is 6.92 Å². The number of carboxylic acid groups (broad SMARTS) is 1. The lowest BCUT2D eigenvalue weighted by molar-refractivity contribution is -0.117. The van der Waals surface area contributed by atoms with Gasteiger partial charge >= 0.3 is 12.0 Å². The minimum atomic E-state index is -1.11. The molecule has 0 spiro atoms. The molecule has 0 saturated heterocycles. The van der Waals surface area contributed by atoms with E-state index in [1.54, 1.807) is 55.5 Å². The number of aromatic carboxylic acids is 1. The van der Waals surface area contributed by atoms with Crippen molar-refractivity contribution in [1.29, 1.82) is 0 Å². The fourth-order valence-electron chi connectivity index (χ4n) is 3.28. The topological polar surface area (TPSA) is 116 Å². The number of benzene rings is 3. The third kappa shape index (κ3) is 5.82. The second-order valence-electron chi connectivity index (χ2n) is 7.04. The van der Waals surface area contributed by atoms with E-state index in [1.165, 1.54) is 29.2 Å². The van der Waals surface area contributed by atoms with Crippen molar-refractivity contribution >= 4 is 35.1 Å². The summed E-state index contributed by atoms with van der Waals surface area (Å²) in [6.07, 6.45) is 0. The molecule has 0 aromatic heterocycles. The Hall–Kier alpha value is -4.46. The van der Waals surface area contributed by atoms with Gasteiger partial charge in [0.05, 0.1) is 17.8 Å². The number of hydrogen-bond acceptors (Lipinski definition) is 4. The number of hydrogen-bond donors (Lipinski definition) is 3. The fourth-order valence-corrected chi connectivity index (χ4v) is 3.28. The maximum Gasteiger partial charge on any atom is 0.335 e. The number of ketones is 1. The Kier molecular flexibility index (Phi) is 7.54. The van der Waals surface area contributed by atoms with Crippen LogP contribution in [0.3, 0.4) is 0 Å². The number of amides is 3. The van der Waals surface area contributed by atoms with Crippen molar-refractivity contribution in [3.8, 4) is 0 Å². The van der Waals surface area contributed by atoms with Crippen LogP contribution in [0.15, 0.2) is 78.9 Å².